The predicted octanol–water partition coefficient (Wildman–Crippen LogP) is 3.96. The van der Waals surface area contributed by atoms with Crippen molar-refractivity contribution in [3.63, 3.8) is 0 Å². The number of carbonyl (C=O) groups is 1. The number of amides is 1. The Kier molecular flexibility index (Phi) is 5.05. The summed E-state index contributed by atoms with van der Waals surface area (Å²) in [7, 11) is 0. The highest BCUT2D eigenvalue weighted by molar-refractivity contribution is 6.31. The molecular weight excluding hydrogens is 340 g/mol. The number of furan rings is 1. The number of carbonyl (C=O) groups excluding carboxylic acids is 1. The summed E-state index contributed by atoms with van der Waals surface area (Å²) in [6.45, 7) is 2.27. The van der Waals surface area contributed by atoms with Gasteiger partial charge in [-0.15, -0.1) is 0 Å². The lowest BCUT2D eigenvalue weighted by molar-refractivity contribution is 0.0995. The van der Waals surface area contributed by atoms with Crippen LogP contribution in [0.3, 0.4) is 0 Å². The Morgan fingerprint density at radius 1 is 1.16 bits per heavy atom. The molecule has 6 heteroatoms. The molecule has 0 bridgehead atoms. The Labute approximate surface area is 149 Å². The lowest BCUT2D eigenvalue weighted by atomic mass is 10.2. The van der Waals surface area contributed by atoms with E-state index in [9.17, 15) is 9.59 Å². The van der Waals surface area contributed by atoms with E-state index in [1.807, 2.05) is 25.1 Å². The highest BCUT2D eigenvalue weighted by Gasteiger charge is 2.12. The van der Waals surface area contributed by atoms with Gasteiger partial charge in [0.05, 0.1) is 12.2 Å². The van der Waals surface area contributed by atoms with Crippen molar-refractivity contribution in [2.24, 2.45) is 0 Å². The number of anilines is 1. The molecule has 25 heavy (non-hydrogen) atoms. The molecule has 5 nitrogen and oxygen atoms in total. The number of pyridine rings is 1. The van der Waals surface area contributed by atoms with Gasteiger partial charge in [-0.05, 0) is 29.8 Å². The molecule has 3 aromatic rings. The fourth-order valence-corrected chi connectivity index (χ4v) is 2.62. The molecule has 128 valence electrons. The Hall–Kier alpha value is -2.79. The van der Waals surface area contributed by atoms with E-state index in [0.29, 0.717) is 17.3 Å². The van der Waals surface area contributed by atoms with Crippen molar-refractivity contribution in [2.45, 2.75) is 19.9 Å². The molecule has 0 saturated heterocycles. The number of nitrogens with one attached hydrogen (secondary N) is 1. The molecular formula is C19H17ClN2O3. The Balaban J connectivity index is 1.80. The summed E-state index contributed by atoms with van der Waals surface area (Å²) in [5.74, 6) is 0.622. The molecule has 3 rings (SSSR count). The molecule has 0 unspecified atom stereocenters. The molecule has 1 aromatic carbocycles. The number of rotatable bonds is 5. The second-order valence-electron chi connectivity index (χ2n) is 5.55. The second kappa shape index (κ2) is 7.40. The first-order chi connectivity index (χ1) is 12.1. The third kappa shape index (κ3) is 4.00. The van der Waals surface area contributed by atoms with Crippen LogP contribution in [0.2, 0.25) is 5.02 Å². The van der Waals surface area contributed by atoms with Gasteiger partial charge in [0.25, 0.3) is 11.5 Å². The topological polar surface area (TPSA) is 64.2 Å². The van der Waals surface area contributed by atoms with E-state index in [-0.39, 0.29) is 17.2 Å². The lowest BCUT2D eigenvalue weighted by Gasteiger charge is -2.10. The van der Waals surface area contributed by atoms with Crippen LogP contribution >= 0.6 is 11.6 Å². The molecule has 2 heterocycles. The number of benzene rings is 1. The van der Waals surface area contributed by atoms with E-state index in [1.165, 1.54) is 10.6 Å². The molecule has 0 aliphatic heterocycles. The number of aryl methyl sites for hydroxylation is 1. The smallest absolute Gasteiger partial charge is 0.291 e. The summed E-state index contributed by atoms with van der Waals surface area (Å²) in [6, 6.07) is 13.7. The molecule has 0 atom stereocenters. The van der Waals surface area contributed by atoms with Crippen LogP contribution in [0.1, 0.15) is 28.8 Å². The van der Waals surface area contributed by atoms with Crippen LogP contribution in [0.4, 0.5) is 5.69 Å². The molecule has 0 saturated carbocycles. The number of hydrogen-bond donors (Lipinski definition) is 1. The highest BCUT2D eigenvalue weighted by atomic mass is 35.5. The molecule has 0 spiro atoms. The molecule has 1 amide bonds. The maximum Gasteiger partial charge on any atom is 0.291 e. The first-order valence-electron chi connectivity index (χ1n) is 7.91. The van der Waals surface area contributed by atoms with Gasteiger partial charge in [0, 0.05) is 23.7 Å². The van der Waals surface area contributed by atoms with Gasteiger partial charge in [-0.3, -0.25) is 9.59 Å². The number of hydrogen-bond acceptors (Lipinski definition) is 3. The molecule has 0 fully saturated rings. The summed E-state index contributed by atoms with van der Waals surface area (Å²) in [6.07, 6.45) is 2.31. The van der Waals surface area contributed by atoms with E-state index < -0.39 is 0 Å². The van der Waals surface area contributed by atoms with Gasteiger partial charge in [-0.2, -0.15) is 0 Å². The fourth-order valence-electron chi connectivity index (χ4n) is 2.42. The van der Waals surface area contributed by atoms with Crippen LogP contribution in [0, 0.1) is 0 Å². The van der Waals surface area contributed by atoms with Crippen molar-refractivity contribution in [3.05, 3.63) is 87.2 Å². The summed E-state index contributed by atoms with van der Waals surface area (Å²) in [4.78, 5) is 24.3. The van der Waals surface area contributed by atoms with Crippen molar-refractivity contribution < 1.29 is 9.21 Å². The van der Waals surface area contributed by atoms with Gasteiger partial charge < -0.3 is 14.3 Å². The highest BCUT2D eigenvalue weighted by Crippen LogP contribution is 2.17. The number of aromatic nitrogens is 1. The van der Waals surface area contributed by atoms with Gasteiger partial charge in [-0.1, -0.05) is 36.7 Å². The first kappa shape index (κ1) is 17.0. The molecule has 0 aliphatic carbocycles. The van der Waals surface area contributed by atoms with Gasteiger partial charge in [-0.25, -0.2) is 0 Å². The van der Waals surface area contributed by atoms with E-state index in [2.05, 4.69) is 5.32 Å². The summed E-state index contributed by atoms with van der Waals surface area (Å²) < 4.78 is 6.93. The average molecular weight is 357 g/mol. The standard InChI is InChI=1S/C19H17ClN2O3/c1-2-15-8-9-17(25-15)19(24)21-14-7-10-18(23)22(12-14)11-13-5-3-4-6-16(13)20/h3-10,12H,2,11H2,1H3,(H,21,24). The van der Waals surface area contributed by atoms with Crippen LogP contribution in [0.5, 0.6) is 0 Å². The van der Waals surface area contributed by atoms with Crippen molar-refractivity contribution in [2.75, 3.05) is 5.32 Å². The normalized spacial score (nSPS) is 10.6. The quantitative estimate of drug-likeness (QED) is 0.752. The van der Waals surface area contributed by atoms with Crippen LogP contribution in [0.15, 0.2) is 63.9 Å². The Morgan fingerprint density at radius 3 is 2.68 bits per heavy atom. The zero-order valence-corrected chi connectivity index (χ0v) is 14.4. The molecule has 1 N–H and O–H groups in total. The van der Waals surface area contributed by atoms with Crippen molar-refractivity contribution in [1.29, 1.82) is 0 Å². The third-order valence-electron chi connectivity index (χ3n) is 3.77. The fraction of sp³-hybridized carbons (Fsp3) is 0.158. The van der Waals surface area contributed by atoms with Crippen LogP contribution in [-0.4, -0.2) is 10.5 Å². The minimum atomic E-state index is -0.359. The summed E-state index contributed by atoms with van der Waals surface area (Å²) in [5, 5.41) is 3.33. The third-order valence-corrected chi connectivity index (χ3v) is 4.14. The SMILES string of the molecule is CCc1ccc(C(=O)Nc2ccc(=O)n(Cc3ccccc3Cl)c2)o1. The van der Waals surface area contributed by atoms with Crippen molar-refractivity contribution >= 4 is 23.2 Å². The maximum atomic E-state index is 12.2. The van der Waals surface area contributed by atoms with E-state index in [1.54, 1.807) is 30.5 Å². The molecule has 0 aliphatic rings. The van der Waals surface area contributed by atoms with E-state index >= 15 is 0 Å². The van der Waals surface area contributed by atoms with Crippen molar-refractivity contribution in [3.8, 4) is 0 Å². The Bertz CT molecular complexity index is 959. The number of nitrogens with zero attached hydrogens (tertiary/aromatic N) is 1. The Morgan fingerprint density at radius 2 is 1.96 bits per heavy atom. The van der Waals surface area contributed by atoms with E-state index in [4.69, 9.17) is 16.0 Å². The minimum absolute atomic E-state index is 0.177. The predicted molar refractivity (Wildman–Crippen MR) is 97.3 cm³/mol. The zero-order valence-electron chi connectivity index (χ0n) is 13.7. The van der Waals surface area contributed by atoms with Crippen LogP contribution in [-0.2, 0) is 13.0 Å². The zero-order chi connectivity index (χ0) is 17.8. The summed E-state index contributed by atoms with van der Waals surface area (Å²) >= 11 is 6.15. The monoisotopic (exact) mass is 356 g/mol. The van der Waals surface area contributed by atoms with E-state index in [0.717, 1.165) is 17.7 Å². The molecule has 0 radical (unpaired) electrons. The lowest BCUT2D eigenvalue weighted by Crippen LogP contribution is -2.21. The summed E-state index contributed by atoms with van der Waals surface area (Å²) in [5.41, 5.74) is 1.16. The van der Waals surface area contributed by atoms with Crippen molar-refractivity contribution in [1.82, 2.24) is 4.57 Å². The van der Waals surface area contributed by atoms with Gasteiger partial charge >= 0.3 is 0 Å². The van der Waals surface area contributed by atoms with Gasteiger partial charge in [0.1, 0.15) is 5.76 Å². The molecule has 2 aromatic heterocycles. The van der Waals surface area contributed by atoms with Crippen LogP contribution in [0.25, 0.3) is 0 Å². The number of halogens is 1. The average Bonchev–Trinajstić information content (AvgIpc) is 3.09. The maximum absolute atomic E-state index is 12.2. The van der Waals surface area contributed by atoms with Gasteiger partial charge in [0.15, 0.2) is 5.76 Å². The minimum Gasteiger partial charge on any atom is -0.456 e. The second-order valence-corrected chi connectivity index (χ2v) is 5.96. The largest absolute Gasteiger partial charge is 0.456 e. The van der Waals surface area contributed by atoms with Crippen LogP contribution < -0.4 is 10.9 Å². The van der Waals surface area contributed by atoms with Gasteiger partial charge in [0.2, 0.25) is 0 Å². The first-order valence-corrected chi connectivity index (χ1v) is 8.28.